The van der Waals surface area contributed by atoms with Crippen LogP contribution in [0.1, 0.15) is 22.0 Å². The number of ether oxygens (including phenoxy) is 2. The van der Waals surface area contributed by atoms with E-state index in [1.807, 2.05) is 0 Å². The molecular weight excluding hydrogens is 288 g/mol. The largest absolute Gasteiger partial charge is 0.508 e. The molecule has 0 saturated heterocycles. The van der Waals surface area contributed by atoms with Gasteiger partial charge in [-0.25, -0.2) is 0 Å². The molecule has 1 aliphatic heterocycles. The Morgan fingerprint density at radius 3 is 2.45 bits per heavy atom. The summed E-state index contributed by atoms with van der Waals surface area (Å²) >= 11 is 0. The lowest BCUT2D eigenvalue weighted by Crippen LogP contribution is -2.36. The molecule has 0 fully saturated rings. The van der Waals surface area contributed by atoms with E-state index in [0.717, 1.165) is 0 Å². The molecule has 1 aliphatic rings. The number of aliphatic hydroxyl groups excluding tert-OH is 1. The fraction of sp³-hybridized carbons (Fsp3) is 0.188. The third-order valence-electron chi connectivity index (χ3n) is 3.57. The summed E-state index contributed by atoms with van der Waals surface area (Å²) in [5.74, 6) is -0.378. The number of hydrogen-bond acceptors (Lipinski definition) is 6. The van der Waals surface area contributed by atoms with E-state index in [1.165, 1.54) is 31.4 Å². The zero-order chi connectivity index (χ0) is 15.9. The summed E-state index contributed by atoms with van der Waals surface area (Å²) in [5, 5.41) is 29.4. The zero-order valence-corrected chi connectivity index (χ0v) is 11.7. The number of phenols is 2. The van der Waals surface area contributed by atoms with Gasteiger partial charge in [0.1, 0.15) is 28.6 Å². The molecule has 6 nitrogen and oxygen atoms in total. The van der Waals surface area contributed by atoms with E-state index < -0.39 is 18.0 Å². The Morgan fingerprint density at radius 2 is 1.82 bits per heavy atom. The second-order valence-corrected chi connectivity index (χ2v) is 4.96. The van der Waals surface area contributed by atoms with Crippen LogP contribution in [0, 0.1) is 0 Å². The summed E-state index contributed by atoms with van der Waals surface area (Å²) in [4.78, 5) is 12.3. The normalized spacial score (nSPS) is 20.2. The SMILES string of the molecule is COc1cc(O)c2c(c1)O[C@H](c1ccc(O)cc1)[C@@H](O)C2=O. The summed E-state index contributed by atoms with van der Waals surface area (Å²) in [6, 6.07) is 8.76. The van der Waals surface area contributed by atoms with Crippen LogP contribution in [0.15, 0.2) is 36.4 Å². The number of carbonyl (C=O) groups excluding carboxylic acids is 1. The predicted octanol–water partition coefficient (Wildman–Crippen LogP) is 1.78. The number of benzene rings is 2. The van der Waals surface area contributed by atoms with Crippen LogP contribution in [0.5, 0.6) is 23.0 Å². The molecule has 0 aliphatic carbocycles. The van der Waals surface area contributed by atoms with Crippen LogP contribution in [-0.2, 0) is 0 Å². The molecule has 0 bridgehead atoms. The van der Waals surface area contributed by atoms with Crippen molar-refractivity contribution in [2.75, 3.05) is 7.11 Å². The Kier molecular flexibility index (Phi) is 3.38. The molecule has 3 rings (SSSR count). The number of phenolic OH excluding ortho intramolecular Hbond substituents is 2. The van der Waals surface area contributed by atoms with E-state index in [-0.39, 0.29) is 22.8 Å². The molecule has 0 unspecified atom stereocenters. The van der Waals surface area contributed by atoms with Crippen LogP contribution < -0.4 is 9.47 Å². The average Bonchev–Trinajstić information content (AvgIpc) is 2.51. The number of Topliss-reactive ketones (excluding diaryl/α,β-unsaturated/α-hetero) is 1. The minimum absolute atomic E-state index is 0.0664. The van der Waals surface area contributed by atoms with Crippen molar-refractivity contribution in [1.82, 2.24) is 0 Å². The summed E-state index contributed by atoms with van der Waals surface area (Å²) in [6.45, 7) is 0. The second kappa shape index (κ2) is 5.23. The molecule has 0 spiro atoms. The first-order valence-corrected chi connectivity index (χ1v) is 6.60. The highest BCUT2D eigenvalue weighted by Gasteiger charge is 2.39. The van der Waals surface area contributed by atoms with Gasteiger partial charge < -0.3 is 24.8 Å². The monoisotopic (exact) mass is 302 g/mol. The third-order valence-corrected chi connectivity index (χ3v) is 3.57. The average molecular weight is 302 g/mol. The zero-order valence-electron chi connectivity index (χ0n) is 11.7. The summed E-state index contributed by atoms with van der Waals surface area (Å²) in [7, 11) is 1.43. The van der Waals surface area contributed by atoms with Gasteiger partial charge in [-0.1, -0.05) is 12.1 Å². The minimum Gasteiger partial charge on any atom is -0.508 e. The van der Waals surface area contributed by atoms with E-state index in [1.54, 1.807) is 12.1 Å². The first-order valence-electron chi connectivity index (χ1n) is 6.60. The fourth-order valence-electron chi connectivity index (χ4n) is 2.44. The number of hydrogen-bond donors (Lipinski definition) is 3. The Balaban J connectivity index is 2.06. The van der Waals surface area contributed by atoms with E-state index in [9.17, 15) is 20.1 Å². The van der Waals surface area contributed by atoms with E-state index in [4.69, 9.17) is 9.47 Å². The number of aromatic hydroxyl groups is 2. The quantitative estimate of drug-likeness (QED) is 0.782. The van der Waals surface area contributed by atoms with Crippen LogP contribution in [0.25, 0.3) is 0 Å². The minimum atomic E-state index is -1.45. The van der Waals surface area contributed by atoms with Gasteiger partial charge in [0.2, 0.25) is 5.78 Å². The summed E-state index contributed by atoms with van der Waals surface area (Å²) in [5.41, 5.74) is 0.468. The van der Waals surface area contributed by atoms with Crippen molar-refractivity contribution >= 4 is 5.78 Å². The van der Waals surface area contributed by atoms with Gasteiger partial charge >= 0.3 is 0 Å². The molecule has 2 atom stereocenters. The van der Waals surface area contributed by atoms with E-state index >= 15 is 0 Å². The maximum atomic E-state index is 12.3. The molecule has 114 valence electrons. The van der Waals surface area contributed by atoms with Crippen LogP contribution in [-0.4, -0.2) is 34.3 Å². The number of aliphatic hydroxyl groups is 1. The molecule has 0 radical (unpaired) electrons. The molecular formula is C16H14O6. The first kappa shape index (κ1) is 14.2. The van der Waals surface area contributed by atoms with E-state index in [0.29, 0.717) is 11.3 Å². The highest BCUT2D eigenvalue weighted by molar-refractivity contribution is 6.05. The Morgan fingerprint density at radius 1 is 1.14 bits per heavy atom. The molecule has 1 heterocycles. The van der Waals surface area contributed by atoms with Crippen molar-refractivity contribution in [1.29, 1.82) is 0 Å². The van der Waals surface area contributed by atoms with E-state index in [2.05, 4.69) is 0 Å². The van der Waals surface area contributed by atoms with Crippen molar-refractivity contribution < 1.29 is 29.6 Å². The molecule has 3 N–H and O–H groups in total. The number of carbonyl (C=O) groups is 1. The molecule has 0 amide bonds. The highest BCUT2D eigenvalue weighted by Crippen LogP contribution is 2.42. The van der Waals surface area contributed by atoms with Gasteiger partial charge in [0, 0.05) is 12.1 Å². The summed E-state index contributed by atoms with van der Waals surface area (Å²) in [6.07, 6.45) is -2.37. The Hall–Kier alpha value is -2.73. The van der Waals surface area contributed by atoms with Gasteiger partial charge in [-0.15, -0.1) is 0 Å². The fourth-order valence-corrected chi connectivity index (χ4v) is 2.44. The van der Waals surface area contributed by atoms with Gasteiger partial charge in [0.25, 0.3) is 0 Å². The molecule has 2 aromatic rings. The molecule has 0 saturated carbocycles. The maximum Gasteiger partial charge on any atom is 0.202 e. The van der Waals surface area contributed by atoms with Gasteiger partial charge in [0.05, 0.1) is 7.11 Å². The number of methoxy groups -OCH3 is 1. The Labute approximate surface area is 126 Å². The van der Waals surface area contributed by atoms with Gasteiger partial charge in [-0.3, -0.25) is 4.79 Å². The van der Waals surface area contributed by atoms with Crippen LogP contribution in [0.2, 0.25) is 0 Å². The van der Waals surface area contributed by atoms with Crippen LogP contribution in [0.4, 0.5) is 0 Å². The smallest absolute Gasteiger partial charge is 0.202 e. The van der Waals surface area contributed by atoms with Gasteiger partial charge in [-0.05, 0) is 17.7 Å². The molecule has 0 aromatic heterocycles. The topological polar surface area (TPSA) is 96.2 Å². The van der Waals surface area contributed by atoms with Crippen LogP contribution >= 0.6 is 0 Å². The maximum absolute atomic E-state index is 12.3. The summed E-state index contributed by atoms with van der Waals surface area (Å²) < 4.78 is 10.7. The lowest BCUT2D eigenvalue weighted by molar-refractivity contribution is 0.0210. The van der Waals surface area contributed by atoms with Gasteiger partial charge in [0.15, 0.2) is 12.2 Å². The lowest BCUT2D eigenvalue weighted by atomic mass is 9.93. The van der Waals surface area contributed by atoms with Crippen molar-refractivity contribution in [2.45, 2.75) is 12.2 Å². The van der Waals surface area contributed by atoms with Gasteiger partial charge in [-0.2, -0.15) is 0 Å². The lowest BCUT2D eigenvalue weighted by Gasteiger charge is -2.30. The van der Waals surface area contributed by atoms with Crippen molar-refractivity contribution in [3.63, 3.8) is 0 Å². The second-order valence-electron chi connectivity index (χ2n) is 4.96. The number of fused-ring (bicyclic) bond motifs is 1. The molecule has 2 aromatic carbocycles. The first-order chi connectivity index (χ1) is 10.5. The van der Waals surface area contributed by atoms with Crippen LogP contribution in [0.3, 0.4) is 0 Å². The standard InChI is InChI=1S/C16H14O6/c1-21-10-6-11(18)13-12(7-10)22-16(15(20)14(13)19)8-2-4-9(17)5-3-8/h2-7,15-18,20H,1H3/t15-,16+/m0/s1. The number of ketones is 1. The van der Waals surface area contributed by atoms with Crippen molar-refractivity contribution in [3.05, 3.63) is 47.5 Å². The van der Waals surface area contributed by atoms with Crippen molar-refractivity contribution in [2.24, 2.45) is 0 Å². The molecule has 6 heteroatoms. The predicted molar refractivity (Wildman–Crippen MR) is 76.5 cm³/mol. The van der Waals surface area contributed by atoms with Crippen molar-refractivity contribution in [3.8, 4) is 23.0 Å². The number of rotatable bonds is 2. The molecule has 22 heavy (non-hydrogen) atoms. The Bertz CT molecular complexity index is 722. The third kappa shape index (κ3) is 2.23. The highest BCUT2D eigenvalue weighted by atomic mass is 16.5.